The summed E-state index contributed by atoms with van der Waals surface area (Å²) in [6, 6.07) is 12.4. The first-order chi connectivity index (χ1) is 7.40. The Morgan fingerprint density at radius 1 is 1.00 bits per heavy atom. The second kappa shape index (κ2) is 4.56. The van der Waals surface area contributed by atoms with Crippen LogP contribution >= 0.6 is 0 Å². The number of hydrogen-bond acceptors (Lipinski definition) is 1. The van der Waals surface area contributed by atoms with Crippen LogP contribution in [0.2, 0.25) is 0 Å². The summed E-state index contributed by atoms with van der Waals surface area (Å²) in [5, 5.41) is 0. The first-order valence-corrected chi connectivity index (χ1v) is 5.03. The van der Waals surface area contributed by atoms with Crippen LogP contribution in [0.5, 0.6) is 0 Å². The molecule has 0 saturated heterocycles. The molecule has 0 unspecified atom stereocenters. The molecule has 0 bridgehead atoms. The van der Waals surface area contributed by atoms with E-state index in [4.69, 9.17) is 0 Å². The monoisotopic (exact) mass is 195 g/mol. The van der Waals surface area contributed by atoms with Crippen LogP contribution in [-0.2, 0) is 0 Å². The van der Waals surface area contributed by atoms with E-state index in [1.54, 1.807) is 0 Å². The summed E-state index contributed by atoms with van der Waals surface area (Å²) < 4.78 is 0. The van der Waals surface area contributed by atoms with Gasteiger partial charge in [0, 0.05) is 18.0 Å². The zero-order valence-electron chi connectivity index (χ0n) is 8.72. The third-order valence-corrected chi connectivity index (χ3v) is 2.23. The van der Waals surface area contributed by atoms with E-state index < -0.39 is 0 Å². The zero-order chi connectivity index (χ0) is 10.5. The molecule has 2 rings (SSSR count). The van der Waals surface area contributed by atoms with E-state index in [1.165, 1.54) is 5.56 Å². The first kappa shape index (κ1) is 9.66. The molecule has 0 radical (unpaired) electrons. The van der Waals surface area contributed by atoms with E-state index in [1.807, 2.05) is 43.6 Å². The number of nitrogens with zero attached hydrogens (tertiary/aromatic N) is 1. The molecule has 1 heterocycles. The van der Waals surface area contributed by atoms with Gasteiger partial charge in [-0.1, -0.05) is 42.5 Å². The predicted octanol–water partition coefficient (Wildman–Crippen LogP) is 3.78. The largest absolute Gasteiger partial charge is 0.263 e. The van der Waals surface area contributed by atoms with Gasteiger partial charge >= 0.3 is 0 Å². The Kier molecular flexibility index (Phi) is 2.93. The van der Waals surface area contributed by atoms with Crippen LogP contribution in [0.1, 0.15) is 12.5 Å². The van der Waals surface area contributed by atoms with Crippen LogP contribution in [0.4, 0.5) is 0 Å². The third-order valence-electron chi connectivity index (χ3n) is 2.23. The Morgan fingerprint density at radius 2 is 1.80 bits per heavy atom. The highest BCUT2D eigenvalue weighted by Gasteiger charge is 1.96. The summed E-state index contributed by atoms with van der Waals surface area (Å²) in [7, 11) is 0. The maximum absolute atomic E-state index is 4.23. The standard InChI is InChI=1S/C14H13N/c1-2-6-12-9-14(11-15-10-12)13-7-4-3-5-8-13/h2-11H,1H3/b6-2+. The van der Waals surface area contributed by atoms with Crippen molar-refractivity contribution >= 4 is 6.08 Å². The second-order valence-corrected chi connectivity index (χ2v) is 3.37. The van der Waals surface area contributed by atoms with Crippen molar-refractivity contribution in [2.75, 3.05) is 0 Å². The first-order valence-electron chi connectivity index (χ1n) is 5.03. The van der Waals surface area contributed by atoms with Crippen molar-refractivity contribution in [3.8, 4) is 11.1 Å². The number of hydrogen-bond donors (Lipinski definition) is 0. The summed E-state index contributed by atoms with van der Waals surface area (Å²) in [5.41, 5.74) is 3.50. The molecular formula is C14H13N. The van der Waals surface area contributed by atoms with E-state index in [0.29, 0.717) is 0 Å². The van der Waals surface area contributed by atoms with Gasteiger partial charge in [0.1, 0.15) is 0 Å². The van der Waals surface area contributed by atoms with E-state index in [-0.39, 0.29) is 0 Å². The minimum Gasteiger partial charge on any atom is -0.263 e. The van der Waals surface area contributed by atoms with Gasteiger partial charge < -0.3 is 0 Å². The van der Waals surface area contributed by atoms with Crippen molar-refractivity contribution in [3.63, 3.8) is 0 Å². The summed E-state index contributed by atoms with van der Waals surface area (Å²) >= 11 is 0. The molecule has 74 valence electrons. The Labute approximate surface area is 90.1 Å². The maximum Gasteiger partial charge on any atom is 0.0346 e. The summed E-state index contributed by atoms with van der Waals surface area (Å²) in [6.45, 7) is 2.01. The fraction of sp³-hybridized carbons (Fsp3) is 0.0714. The van der Waals surface area contributed by atoms with Gasteiger partial charge in [0.05, 0.1) is 0 Å². The van der Waals surface area contributed by atoms with Gasteiger partial charge in [-0.05, 0) is 24.1 Å². The second-order valence-electron chi connectivity index (χ2n) is 3.37. The highest BCUT2D eigenvalue weighted by molar-refractivity contribution is 5.65. The highest BCUT2D eigenvalue weighted by atomic mass is 14.6. The van der Waals surface area contributed by atoms with Crippen LogP contribution in [0.3, 0.4) is 0 Å². The number of aromatic nitrogens is 1. The SMILES string of the molecule is C/C=C/c1cncc(-c2ccccc2)c1. The molecule has 1 heteroatoms. The fourth-order valence-corrected chi connectivity index (χ4v) is 1.53. The van der Waals surface area contributed by atoms with Gasteiger partial charge in [-0.15, -0.1) is 0 Å². The van der Waals surface area contributed by atoms with Crippen LogP contribution < -0.4 is 0 Å². The number of allylic oxidation sites excluding steroid dienone is 1. The van der Waals surface area contributed by atoms with Crippen molar-refractivity contribution in [2.24, 2.45) is 0 Å². The molecule has 0 saturated carbocycles. The Balaban J connectivity index is 2.41. The topological polar surface area (TPSA) is 12.9 Å². The number of pyridine rings is 1. The van der Waals surface area contributed by atoms with Crippen molar-refractivity contribution in [2.45, 2.75) is 6.92 Å². The molecule has 0 fully saturated rings. The third kappa shape index (κ3) is 2.32. The highest BCUT2D eigenvalue weighted by Crippen LogP contribution is 2.19. The molecule has 1 aromatic heterocycles. The average molecular weight is 195 g/mol. The van der Waals surface area contributed by atoms with Gasteiger partial charge in [-0.25, -0.2) is 0 Å². The predicted molar refractivity (Wildman–Crippen MR) is 64.4 cm³/mol. The number of benzene rings is 1. The molecule has 1 nitrogen and oxygen atoms in total. The fourth-order valence-electron chi connectivity index (χ4n) is 1.53. The Morgan fingerprint density at radius 3 is 2.53 bits per heavy atom. The van der Waals surface area contributed by atoms with Crippen LogP contribution in [-0.4, -0.2) is 4.98 Å². The molecule has 0 spiro atoms. The normalized spacial score (nSPS) is 10.7. The van der Waals surface area contributed by atoms with Crippen molar-refractivity contribution in [3.05, 3.63) is 60.4 Å². The van der Waals surface area contributed by atoms with Crippen LogP contribution in [0.25, 0.3) is 17.2 Å². The Bertz CT molecular complexity index is 458. The lowest BCUT2D eigenvalue weighted by molar-refractivity contribution is 1.32. The van der Waals surface area contributed by atoms with Gasteiger partial charge in [-0.2, -0.15) is 0 Å². The average Bonchev–Trinajstić information content (AvgIpc) is 2.31. The molecule has 1 aromatic carbocycles. The van der Waals surface area contributed by atoms with Crippen molar-refractivity contribution in [1.82, 2.24) is 4.98 Å². The van der Waals surface area contributed by atoms with Gasteiger partial charge in [0.15, 0.2) is 0 Å². The molecule has 15 heavy (non-hydrogen) atoms. The molecular weight excluding hydrogens is 182 g/mol. The lowest BCUT2D eigenvalue weighted by Gasteiger charge is -2.01. The molecule has 0 aliphatic rings. The smallest absolute Gasteiger partial charge is 0.0346 e. The lowest BCUT2D eigenvalue weighted by atomic mass is 10.1. The van der Waals surface area contributed by atoms with Gasteiger partial charge in [0.25, 0.3) is 0 Å². The van der Waals surface area contributed by atoms with E-state index in [9.17, 15) is 0 Å². The molecule has 0 amide bonds. The van der Waals surface area contributed by atoms with Crippen molar-refractivity contribution < 1.29 is 0 Å². The summed E-state index contributed by atoms with van der Waals surface area (Å²) in [5.74, 6) is 0. The lowest BCUT2D eigenvalue weighted by Crippen LogP contribution is -1.81. The summed E-state index contributed by atoms with van der Waals surface area (Å²) in [6.07, 6.45) is 7.83. The van der Waals surface area contributed by atoms with E-state index >= 15 is 0 Å². The molecule has 0 N–H and O–H groups in total. The van der Waals surface area contributed by atoms with Crippen molar-refractivity contribution in [1.29, 1.82) is 0 Å². The molecule has 0 aliphatic carbocycles. The van der Waals surface area contributed by atoms with Crippen LogP contribution in [0, 0.1) is 0 Å². The quantitative estimate of drug-likeness (QED) is 0.710. The minimum absolute atomic E-state index is 1.14. The van der Waals surface area contributed by atoms with E-state index in [0.717, 1.165) is 11.1 Å². The molecule has 0 aliphatic heterocycles. The minimum atomic E-state index is 1.14. The molecule has 0 atom stereocenters. The van der Waals surface area contributed by atoms with Gasteiger partial charge in [-0.3, -0.25) is 4.98 Å². The number of rotatable bonds is 2. The zero-order valence-corrected chi connectivity index (χ0v) is 8.72. The Hall–Kier alpha value is -1.89. The molecule has 2 aromatic rings. The van der Waals surface area contributed by atoms with Crippen LogP contribution in [0.15, 0.2) is 54.9 Å². The maximum atomic E-state index is 4.23. The van der Waals surface area contributed by atoms with Gasteiger partial charge in [0.2, 0.25) is 0 Å². The van der Waals surface area contributed by atoms with E-state index in [2.05, 4.69) is 29.3 Å². The summed E-state index contributed by atoms with van der Waals surface area (Å²) in [4.78, 5) is 4.23.